The molecule has 0 spiro atoms. The zero-order chi connectivity index (χ0) is 29.5. The number of nitrogens with one attached hydrogen (secondary N) is 3. The van der Waals surface area contributed by atoms with Crippen molar-refractivity contribution >= 4 is 24.1 Å². The van der Waals surface area contributed by atoms with E-state index in [0.29, 0.717) is 25.3 Å². The van der Waals surface area contributed by atoms with Crippen LogP contribution in [0.5, 0.6) is 0 Å². The van der Waals surface area contributed by atoms with Gasteiger partial charge < -0.3 is 35.3 Å². The number of methoxy groups -OCH3 is 1. The van der Waals surface area contributed by atoms with Crippen LogP contribution < -0.4 is 16.0 Å². The van der Waals surface area contributed by atoms with E-state index >= 15 is 0 Å². The van der Waals surface area contributed by atoms with Crippen LogP contribution in [0.2, 0.25) is 0 Å². The topological polar surface area (TPSA) is 152 Å². The molecule has 0 heterocycles. The number of carbonyl (C=O) groups excluding carboxylic acids is 4. The number of unbranched alkanes of at least 4 members (excludes halogenated alkanes) is 4. The lowest BCUT2D eigenvalue weighted by Gasteiger charge is -2.32. The highest BCUT2D eigenvalue weighted by molar-refractivity contribution is 5.82. The summed E-state index contributed by atoms with van der Waals surface area (Å²) in [4.78, 5) is 49.1. The van der Waals surface area contributed by atoms with E-state index in [1.54, 1.807) is 20.8 Å². The smallest absolute Gasteiger partial charge is 0.408 e. The Morgan fingerprint density at radius 1 is 0.875 bits per heavy atom. The molecule has 0 bridgehead atoms. The van der Waals surface area contributed by atoms with Crippen LogP contribution in [0.3, 0.4) is 0 Å². The van der Waals surface area contributed by atoms with Crippen LogP contribution in [0.4, 0.5) is 9.59 Å². The molecule has 11 nitrogen and oxygen atoms in total. The second kappa shape index (κ2) is 17.3. The molecule has 0 aromatic heterocycles. The van der Waals surface area contributed by atoms with E-state index in [4.69, 9.17) is 14.2 Å². The third-order valence-corrected chi connectivity index (χ3v) is 7.49. The van der Waals surface area contributed by atoms with E-state index in [9.17, 15) is 24.3 Å². The predicted molar refractivity (Wildman–Crippen MR) is 150 cm³/mol. The van der Waals surface area contributed by atoms with Crippen molar-refractivity contribution in [2.75, 3.05) is 13.7 Å². The van der Waals surface area contributed by atoms with Gasteiger partial charge in [-0.2, -0.15) is 0 Å². The molecule has 0 aromatic carbocycles. The number of aliphatic hydroxyl groups is 1. The van der Waals surface area contributed by atoms with Crippen LogP contribution in [0.1, 0.15) is 111 Å². The van der Waals surface area contributed by atoms with Gasteiger partial charge in [-0.25, -0.2) is 14.4 Å². The van der Waals surface area contributed by atoms with Gasteiger partial charge in [0.1, 0.15) is 17.7 Å². The molecule has 2 aliphatic carbocycles. The Labute approximate surface area is 238 Å². The molecule has 2 rings (SSSR count). The van der Waals surface area contributed by atoms with Crippen molar-refractivity contribution in [3.05, 3.63) is 0 Å². The third-order valence-electron chi connectivity index (χ3n) is 7.49. The second-order valence-electron chi connectivity index (χ2n) is 12.1. The summed E-state index contributed by atoms with van der Waals surface area (Å²) in [5.41, 5.74) is -0.671. The number of carbonyl (C=O) groups is 4. The van der Waals surface area contributed by atoms with Crippen LogP contribution in [-0.4, -0.2) is 72.7 Å². The van der Waals surface area contributed by atoms with Gasteiger partial charge in [-0.15, -0.1) is 0 Å². The van der Waals surface area contributed by atoms with E-state index in [1.165, 1.54) is 7.11 Å². The molecule has 4 N–H and O–H groups in total. The Bertz CT molecular complexity index is 806. The second-order valence-corrected chi connectivity index (χ2v) is 12.1. The fourth-order valence-corrected chi connectivity index (χ4v) is 5.04. The molecule has 11 heteroatoms. The first kappa shape index (κ1) is 33.6. The lowest BCUT2D eigenvalue weighted by atomic mass is 9.80. The molecule has 0 aromatic rings. The highest BCUT2D eigenvalue weighted by atomic mass is 16.6. The molecule has 40 heavy (non-hydrogen) atoms. The molecule has 2 aliphatic rings. The monoisotopic (exact) mass is 569 g/mol. The first-order valence-corrected chi connectivity index (χ1v) is 15.0. The summed E-state index contributed by atoms with van der Waals surface area (Å²) in [5.74, 6) is -0.604. The molecule has 230 valence electrons. The molecule has 2 fully saturated rings. The molecular formula is C29H51N3O8. The van der Waals surface area contributed by atoms with Crippen LogP contribution in [0.25, 0.3) is 0 Å². The molecule has 0 aliphatic heterocycles. The maximum Gasteiger partial charge on any atom is 0.408 e. The Balaban J connectivity index is 1.64. The largest absolute Gasteiger partial charge is 0.467 e. The number of esters is 1. The average molecular weight is 570 g/mol. The summed E-state index contributed by atoms with van der Waals surface area (Å²) < 4.78 is 15.5. The van der Waals surface area contributed by atoms with Crippen molar-refractivity contribution in [2.45, 2.75) is 141 Å². The quantitative estimate of drug-likeness (QED) is 0.123. The molecule has 0 saturated heterocycles. The van der Waals surface area contributed by atoms with Crippen LogP contribution >= 0.6 is 0 Å². The van der Waals surface area contributed by atoms with Gasteiger partial charge in [0.15, 0.2) is 6.10 Å². The lowest BCUT2D eigenvalue weighted by Crippen LogP contribution is -2.52. The number of rotatable bonds is 16. The normalized spacial score (nSPS) is 18.1. The highest BCUT2D eigenvalue weighted by Gasteiger charge is 2.33. The van der Waals surface area contributed by atoms with E-state index in [0.717, 1.165) is 77.0 Å². The number of aliphatic hydroxyl groups excluding tert-OH is 1. The standard InChI is InChI=1S/C29H51N3O8/c1-29(2,3)40-28(37)32-23(19-20-13-12-14-20)24(33)25(34)30-18-11-7-5-6-8-17-22(26(35)38-4)31-27(36)39-21-15-9-10-16-21/h20-24,33H,5-19H2,1-4H3,(H,30,34)(H,31,36)(H,32,37)/t22?,23?,24-/m0/s1. The highest BCUT2D eigenvalue weighted by Crippen LogP contribution is 2.31. The van der Waals surface area contributed by atoms with Crippen molar-refractivity contribution in [1.29, 1.82) is 0 Å². The van der Waals surface area contributed by atoms with Gasteiger partial charge in [-0.3, -0.25) is 4.79 Å². The maximum atomic E-state index is 12.6. The van der Waals surface area contributed by atoms with Gasteiger partial charge in [-0.05, 0) is 71.6 Å². The van der Waals surface area contributed by atoms with E-state index in [2.05, 4.69) is 16.0 Å². The van der Waals surface area contributed by atoms with Gasteiger partial charge >= 0.3 is 18.2 Å². The molecule has 3 amide bonds. The van der Waals surface area contributed by atoms with E-state index < -0.39 is 47.9 Å². The molecule has 2 saturated carbocycles. The molecule has 0 radical (unpaired) electrons. The maximum absolute atomic E-state index is 12.6. The zero-order valence-corrected chi connectivity index (χ0v) is 24.8. The van der Waals surface area contributed by atoms with Crippen LogP contribution in [-0.2, 0) is 23.8 Å². The minimum atomic E-state index is -1.35. The predicted octanol–water partition coefficient (Wildman–Crippen LogP) is 4.10. The Hall–Kier alpha value is -2.56. The lowest BCUT2D eigenvalue weighted by molar-refractivity contribution is -0.143. The average Bonchev–Trinajstić information content (AvgIpc) is 3.36. The summed E-state index contributed by atoms with van der Waals surface area (Å²) in [6.07, 6.45) is 9.43. The van der Waals surface area contributed by atoms with Gasteiger partial charge in [0.25, 0.3) is 5.91 Å². The summed E-state index contributed by atoms with van der Waals surface area (Å²) >= 11 is 0. The van der Waals surface area contributed by atoms with E-state index in [1.807, 2.05) is 0 Å². The number of hydrogen-bond donors (Lipinski definition) is 4. The Kier molecular flexibility index (Phi) is 14.5. The van der Waals surface area contributed by atoms with E-state index in [-0.39, 0.29) is 6.10 Å². The SMILES string of the molecule is COC(=O)C(CCCCCCCNC(=O)[C@@H](O)C(CC1CCC1)NC(=O)OC(C)(C)C)NC(=O)OC1CCCC1. The number of ether oxygens (including phenoxy) is 3. The fraction of sp³-hybridized carbons (Fsp3) is 0.862. The number of hydrogen-bond acceptors (Lipinski definition) is 8. The number of amides is 3. The molecule has 3 atom stereocenters. The fourth-order valence-electron chi connectivity index (χ4n) is 5.04. The van der Waals surface area contributed by atoms with Gasteiger partial charge in [0, 0.05) is 6.54 Å². The third kappa shape index (κ3) is 13.2. The minimum Gasteiger partial charge on any atom is -0.467 e. The van der Waals surface area contributed by atoms with Gasteiger partial charge in [-0.1, -0.05) is 44.9 Å². The van der Waals surface area contributed by atoms with Crippen molar-refractivity contribution in [3.8, 4) is 0 Å². The van der Waals surface area contributed by atoms with Crippen LogP contribution in [0, 0.1) is 5.92 Å². The summed E-state index contributed by atoms with van der Waals surface area (Å²) in [7, 11) is 1.30. The van der Waals surface area contributed by atoms with Gasteiger partial charge in [0.05, 0.1) is 13.2 Å². The van der Waals surface area contributed by atoms with Gasteiger partial charge in [0.2, 0.25) is 0 Å². The zero-order valence-electron chi connectivity index (χ0n) is 24.8. The summed E-state index contributed by atoms with van der Waals surface area (Å²) in [5, 5.41) is 18.8. The van der Waals surface area contributed by atoms with Crippen molar-refractivity contribution in [2.24, 2.45) is 5.92 Å². The summed E-state index contributed by atoms with van der Waals surface area (Å²) in [6, 6.07) is -1.44. The minimum absolute atomic E-state index is 0.0743. The van der Waals surface area contributed by atoms with Crippen molar-refractivity contribution in [1.82, 2.24) is 16.0 Å². The molecule has 2 unspecified atom stereocenters. The van der Waals surface area contributed by atoms with Crippen LogP contribution in [0.15, 0.2) is 0 Å². The molecular weight excluding hydrogens is 518 g/mol. The Morgan fingerprint density at radius 2 is 1.52 bits per heavy atom. The first-order chi connectivity index (χ1) is 19.0. The number of alkyl carbamates (subject to hydrolysis) is 2. The first-order valence-electron chi connectivity index (χ1n) is 15.0. The Morgan fingerprint density at radius 3 is 2.12 bits per heavy atom. The van der Waals surface area contributed by atoms with Crippen molar-refractivity contribution < 1.29 is 38.5 Å². The summed E-state index contributed by atoms with van der Waals surface area (Å²) in [6.45, 7) is 5.70. The van der Waals surface area contributed by atoms with Crippen molar-refractivity contribution in [3.63, 3.8) is 0 Å².